The molecule has 1 atom stereocenters. The summed E-state index contributed by atoms with van der Waals surface area (Å²) in [6.07, 6.45) is 0.314. The molecular weight excluding hydrogens is 377 g/mol. The summed E-state index contributed by atoms with van der Waals surface area (Å²) in [4.78, 5) is 12.8. The fourth-order valence-electron chi connectivity index (χ4n) is 2.94. The lowest BCUT2D eigenvalue weighted by atomic mass is 9.97. The van der Waals surface area contributed by atoms with Gasteiger partial charge in [-0.1, -0.05) is 65.7 Å². The summed E-state index contributed by atoms with van der Waals surface area (Å²) in [7, 11) is 0. The molecule has 4 heteroatoms. The molecule has 27 heavy (non-hydrogen) atoms. The number of rotatable bonds is 6. The van der Waals surface area contributed by atoms with Gasteiger partial charge in [-0.25, -0.2) is 0 Å². The molecule has 0 aromatic heterocycles. The summed E-state index contributed by atoms with van der Waals surface area (Å²) in [6, 6.07) is 20.8. The van der Waals surface area contributed by atoms with Crippen molar-refractivity contribution in [2.75, 3.05) is 5.32 Å². The van der Waals surface area contributed by atoms with Crippen molar-refractivity contribution in [3.63, 3.8) is 0 Å². The van der Waals surface area contributed by atoms with Crippen LogP contribution in [0.25, 0.3) is 0 Å². The summed E-state index contributed by atoms with van der Waals surface area (Å²) in [5, 5.41) is 4.47. The van der Waals surface area contributed by atoms with E-state index in [0.29, 0.717) is 22.0 Å². The molecule has 0 heterocycles. The number of hydrogen-bond acceptors (Lipinski definition) is 2. The Hall–Kier alpha value is -2.29. The van der Waals surface area contributed by atoms with Crippen molar-refractivity contribution in [2.45, 2.75) is 26.3 Å². The standard InChI is InChI=1S/C23H21Cl2NO/c1-15-8-10-19(12-16(15)2)26-22(18-9-11-20(24)21(25)13-18)14-23(27)17-6-4-3-5-7-17/h3-13,22,26H,14H2,1-2H3. The Morgan fingerprint density at radius 2 is 1.63 bits per heavy atom. The Labute approximate surface area is 170 Å². The lowest BCUT2D eigenvalue weighted by molar-refractivity contribution is 0.0976. The first-order valence-corrected chi connectivity index (χ1v) is 9.56. The van der Waals surface area contributed by atoms with Gasteiger partial charge in [0.05, 0.1) is 16.1 Å². The number of anilines is 1. The van der Waals surface area contributed by atoms with Gasteiger partial charge < -0.3 is 5.32 Å². The second-order valence-corrected chi connectivity index (χ2v) is 7.48. The van der Waals surface area contributed by atoms with Gasteiger partial charge in [-0.05, 0) is 54.8 Å². The van der Waals surface area contributed by atoms with E-state index >= 15 is 0 Å². The van der Waals surface area contributed by atoms with E-state index in [9.17, 15) is 4.79 Å². The topological polar surface area (TPSA) is 29.1 Å². The van der Waals surface area contributed by atoms with Crippen molar-refractivity contribution in [1.29, 1.82) is 0 Å². The molecule has 3 aromatic carbocycles. The average Bonchev–Trinajstić information content (AvgIpc) is 2.67. The summed E-state index contributed by atoms with van der Waals surface area (Å²) in [6.45, 7) is 4.15. The van der Waals surface area contributed by atoms with Crippen molar-refractivity contribution in [3.05, 3.63) is 99.0 Å². The number of carbonyl (C=O) groups is 1. The van der Waals surface area contributed by atoms with E-state index in [1.165, 1.54) is 11.1 Å². The maximum Gasteiger partial charge on any atom is 0.165 e. The first-order chi connectivity index (χ1) is 12.9. The van der Waals surface area contributed by atoms with E-state index in [1.807, 2.05) is 48.5 Å². The number of benzene rings is 3. The fraction of sp³-hybridized carbons (Fsp3) is 0.174. The van der Waals surface area contributed by atoms with Crippen molar-refractivity contribution < 1.29 is 4.79 Å². The van der Waals surface area contributed by atoms with Crippen LogP contribution in [0, 0.1) is 13.8 Å². The van der Waals surface area contributed by atoms with Crippen LogP contribution in [0.5, 0.6) is 0 Å². The molecule has 1 unspecified atom stereocenters. The maximum atomic E-state index is 12.8. The van der Waals surface area contributed by atoms with Gasteiger partial charge in [-0.3, -0.25) is 4.79 Å². The van der Waals surface area contributed by atoms with Crippen molar-refractivity contribution in [1.82, 2.24) is 0 Å². The summed E-state index contributed by atoms with van der Waals surface area (Å²) in [5.41, 5.74) is 5.01. The van der Waals surface area contributed by atoms with Gasteiger partial charge in [0.1, 0.15) is 0 Å². The molecular formula is C23H21Cl2NO. The minimum absolute atomic E-state index is 0.0722. The SMILES string of the molecule is Cc1ccc(NC(CC(=O)c2ccccc2)c2ccc(Cl)c(Cl)c2)cc1C. The first kappa shape index (κ1) is 19.5. The third kappa shape index (κ3) is 4.91. The number of nitrogens with one attached hydrogen (secondary N) is 1. The van der Waals surface area contributed by atoms with E-state index in [0.717, 1.165) is 11.3 Å². The second kappa shape index (κ2) is 8.60. The fourth-order valence-corrected chi connectivity index (χ4v) is 3.25. The molecule has 0 radical (unpaired) electrons. The number of Topliss-reactive ketones (excluding diaryl/α,β-unsaturated/α-hetero) is 1. The molecule has 3 rings (SSSR count). The number of halogens is 2. The summed E-state index contributed by atoms with van der Waals surface area (Å²) in [5.74, 6) is 0.0722. The van der Waals surface area contributed by atoms with Crippen molar-refractivity contribution >= 4 is 34.7 Å². The molecule has 0 fully saturated rings. The molecule has 0 aliphatic rings. The highest BCUT2D eigenvalue weighted by Gasteiger charge is 2.18. The predicted octanol–water partition coefficient (Wildman–Crippen LogP) is 7.04. The van der Waals surface area contributed by atoms with Crippen LogP contribution < -0.4 is 5.32 Å². The summed E-state index contributed by atoms with van der Waals surface area (Å²) >= 11 is 12.3. The minimum atomic E-state index is -0.213. The number of aryl methyl sites for hydroxylation is 2. The number of carbonyl (C=O) groups excluding carboxylic acids is 1. The van der Waals surface area contributed by atoms with E-state index in [2.05, 4.69) is 31.3 Å². The third-order valence-electron chi connectivity index (χ3n) is 4.68. The average molecular weight is 398 g/mol. The second-order valence-electron chi connectivity index (χ2n) is 6.66. The normalized spacial score (nSPS) is 11.9. The lowest BCUT2D eigenvalue weighted by Gasteiger charge is -2.21. The van der Waals surface area contributed by atoms with Crippen LogP contribution in [0.2, 0.25) is 10.0 Å². The smallest absolute Gasteiger partial charge is 0.165 e. The number of ketones is 1. The van der Waals surface area contributed by atoms with Gasteiger partial charge in [0.25, 0.3) is 0 Å². The largest absolute Gasteiger partial charge is 0.378 e. The highest BCUT2D eigenvalue weighted by atomic mass is 35.5. The van der Waals surface area contributed by atoms with Gasteiger partial charge in [0, 0.05) is 17.7 Å². The maximum absolute atomic E-state index is 12.8. The van der Waals surface area contributed by atoms with Crippen molar-refractivity contribution in [2.24, 2.45) is 0 Å². The van der Waals surface area contributed by atoms with E-state index in [-0.39, 0.29) is 11.8 Å². The molecule has 138 valence electrons. The Morgan fingerprint density at radius 1 is 0.889 bits per heavy atom. The summed E-state index contributed by atoms with van der Waals surface area (Å²) < 4.78 is 0. The van der Waals surface area contributed by atoms with Crippen LogP contribution >= 0.6 is 23.2 Å². The molecule has 0 aliphatic heterocycles. The molecule has 0 bridgehead atoms. The molecule has 1 N–H and O–H groups in total. The van der Waals surface area contributed by atoms with E-state index in [1.54, 1.807) is 6.07 Å². The molecule has 0 saturated heterocycles. The third-order valence-corrected chi connectivity index (χ3v) is 5.42. The molecule has 0 saturated carbocycles. The van der Waals surface area contributed by atoms with Gasteiger partial charge in [0.15, 0.2) is 5.78 Å². The van der Waals surface area contributed by atoms with Crippen LogP contribution in [-0.4, -0.2) is 5.78 Å². The highest BCUT2D eigenvalue weighted by Crippen LogP contribution is 2.30. The molecule has 0 aliphatic carbocycles. The molecule has 2 nitrogen and oxygen atoms in total. The zero-order valence-corrected chi connectivity index (χ0v) is 16.8. The van der Waals surface area contributed by atoms with Gasteiger partial charge in [0.2, 0.25) is 0 Å². The van der Waals surface area contributed by atoms with Crippen LogP contribution in [-0.2, 0) is 0 Å². The van der Waals surface area contributed by atoms with Crippen LogP contribution in [0.15, 0.2) is 66.7 Å². The first-order valence-electron chi connectivity index (χ1n) is 8.81. The highest BCUT2D eigenvalue weighted by molar-refractivity contribution is 6.42. The van der Waals surface area contributed by atoms with Gasteiger partial charge >= 0.3 is 0 Å². The number of hydrogen-bond donors (Lipinski definition) is 1. The Kier molecular flexibility index (Phi) is 6.20. The monoisotopic (exact) mass is 397 g/mol. The van der Waals surface area contributed by atoms with Crippen molar-refractivity contribution in [3.8, 4) is 0 Å². The Balaban J connectivity index is 1.91. The molecule has 0 spiro atoms. The van der Waals surface area contributed by atoms with Gasteiger partial charge in [-0.2, -0.15) is 0 Å². The Bertz CT molecular complexity index is 954. The predicted molar refractivity (Wildman–Crippen MR) is 114 cm³/mol. The minimum Gasteiger partial charge on any atom is -0.378 e. The van der Waals surface area contributed by atoms with E-state index in [4.69, 9.17) is 23.2 Å². The Morgan fingerprint density at radius 3 is 2.30 bits per heavy atom. The van der Waals surface area contributed by atoms with E-state index < -0.39 is 0 Å². The van der Waals surface area contributed by atoms with Crippen LogP contribution in [0.4, 0.5) is 5.69 Å². The zero-order chi connectivity index (χ0) is 19.4. The van der Waals surface area contributed by atoms with Crippen LogP contribution in [0.1, 0.15) is 39.5 Å². The zero-order valence-electron chi connectivity index (χ0n) is 15.3. The molecule has 0 amide bonds. The quantitative estimate of drug-likeness (QED) is 0.452. The molecule has 3 aromatic rings. The van der Waals surface area contributed by atoms with Crippen LogP contribution in [0.3, 0.4) is 0 Å². The van der Waals surface area contributed by atoms with Gasteiger partial charge in [-0.15, -0.1) is 0 Å². The lowest BCUT2D eigenvalue weighted by Crippen LogP contribution is -2.16.